The van der Waals surface area contributed by atoms with E-state index in [9.17, 15) is 5.11 Å². The van der Waals surface area contributed by atoms with Gasteiger partial charge in [0.05, 0.1) is 18.3 Å². The summed E-state index contributed by atoms with van der Waals surface area (Å²) in [4.78, 5) is 13.4. The van der Waals surface area contributed by atoms with Crippen molar-refractivity contribution in [1.29, 1.82) is 0 Å². The Morgan fingerprint density at radius 2 is 1.75 bits per heavy atom. The van der Waals surface area contributed by atoms with Crippen LogP contribution >= 0.6 is 0 Å². The molecule has 1 aromatic heterocycles. The molecule has 0 fully saturated rings. The van der Waals surface area contributed by atoms with Gasteiger partial charge in [-0.05, 0) is 17.5 Å². The molecule has 0 spiro atoms. The normalized spacial score (nSPS) is 23.6. The summed E-state index contributed by atoms with van der Waals surface area (Å²) in [6.07, 6.45) is 3.25. The third kappa shape index (κ3) is 2.74. The monoisotopic (exact) mass is 273 g/mol. The first-order valence-electron chi connectivity index (χ1n) is 6.94. The molecule has 2 heterocycles. The van der Waals surface area contributed by atoms with Crippen LogP contribution in [0.25, 0.3) is 0 Å². The first kappa shape index (κ1) is 14.7. The van der Waals surface area contributed by atoms with Crippen molar-refractivity contribution in [2.45, 2.75) is 52.1 Å². The van der Waals surface area contributed by atoms with E-state index in [1.807, 2.05) is 18.2 Å². The van der Waals surface area contributed by atoms with Crippen LogP contribution in [-0.2, 0) is 5.41 Å². The first-order chi connectivity index (χ1) is 9.23. The Labute approximate surface area is 120 Å². The van der Waals surface area contributed by atoms with Crippen molar-refractivity contribution in [3.05, 3.63) is 30.1 Å². The van der Waals surface area contributed by atoms with Crippen molar-refractivity contribution in [2.75, 3.05) is 0 Å². The lowest BCUT2D eigenvalue weighted by molar-refractivity contribution is 0.223. The van der Waals surface area contributed by atoms with E-state index in [0.717, 1.165) is 5.69 Å². The van der Waals surface area contributed by atoms with Crippen LogP contribution in [-0.4, -0.2) is 34.3 Å². The number of aliphatic imine (C=N–C) groups is 2. The van der Waals surface area contributed by atoms with Crippen molar-refractivity contribution < 1.29 is 5.11 Å². The molecule has 0 radical (unpaired) electrons. The molecular formula is C16H23N3O. The van der Waals surface area contributed by atoms with Crippen LogP contribution in [0.5, 0.6) is 0 Å². The minimum atomic E-state index is -0.301. The molecule has 0 saturated carbocycles. The van der Waals surface area contributed by atoms with Crippen molar-refractivity contribution in [2.24, 2.45) is 15.4 Å². The van der Waals surface area contributed by atoms with Crippen molar-refractivity contribution in [3.8, 4) is 0 Å². The maximum Gasteiger partial charge on any atom is 0.225 e. The summed E-state index contributed by atoms with van der Waals surface area (Å²) in [5.41, 5.74) is 0.635. The highest BCUT2D eigenvalue weighted by Crippen LogP contribution is 2.38. The second-order valence-corrected chi connectivity index (χ2v) is 6.96. The largest absolute Gasteiger partial charge is 0.492 e. The van der Waals surface area contributed by atoms with Gasteiger partial charge < -0.3 is 5.11 Å². The lowest BCUT2D eigenvalue weighted by Crippen LogP contribution is -2.49. The average molecular weight is 273 g/mol. The highest BCUT2D eigenvalue weighted by Gasteiger charge is 2.44. The summed E-state index contributed by atoms with van der Waals surface area (Å²) in [5.74, 6) is -0.000457. The van der Waals surface area contributed by atoms with E-state index in [2.05, 4.69) is 49.6 Å². The van der Waals surface area contributed by atoms with Gasteiger partial charge in [0.15, 0.2) is 0 Å². The summed E-state index contributed by atoms with van der Waals surface area (Å²) >= 11 is 0. The van der Waals surface area contributed by atoms with Gasteiger partial charge in [0.25, 0.3) is 0 Å². The van der Waals surface area contributed by atoms with E-state index in [1.165, 1.54) is 6.21 Å². The molecule has 2 rings (SSSR count). The van der Waals surface area contributed by atoms with Crippen LogP contribution in [0.3, 0.4) is 0 Å². The van der Waals surface area contributed by atoms with Crippen LogP contribution in [0.2, 0.25) is 0 Å². The molecule has 4 nitrogen and oxygen atoms in total. The molecule has 20 heavy (non-hydrogen) atoms. The second-order valence-electron chi connectivity index (χ2n) is 6.96. The van der Waals surface area contributed by atoms with Gasteiger partial charge >= 0.3 is 0 Å². The predicted octanol–water partition coefficient (Wildman–Crippen LogP) is 3.18. The number of pyridine rings is 1. The summed E-state index contributed by atoms with van der Waals surface area (Å²) in [6.45, 7) is 10.7. The van der Waals surface area contributed by atoms with Crippen LogP contribution in [0, 0.1) is 5.41 Å². The molecule has 1 N–H and O–H groups in total. The molecule has 2 atom stereocenters. The van der Waals surface area contributed by atoms with Gasteiger partial charge in [-0.3, -0.25) is 9.98 Å². The van der Waals surface area contributed by atoms with Crippen LogP contribution < -0.4 is 0 Å². The Kier molecular flexibility index (Phi) is 3.67. The van der Waals surface area contributed by atoms with Crippen LogP contribution in [0.4, 0.5) is 0 Å². The fraction of sp³-hybridized carbons (Fsp3) is 0.562. The molecule has 0 amide bonds. The van der Waals surface area contributed by atoms with Gasteiger partial charge in [-0.15, -0.1) is 0 Å². The summed E-state index contributed by atoms with van der Waals surface area (Å²) < 4.78 is 0. The molecule has 0 aliphatic carbocycles. The zero-order chi connectivity index (χ0) is 15.0. The standard InChI is InChI=1S/C16H23N3O/c1-15(2,3)13-14(19-12(20)10-18-13)16(4,5)11-8-6-7-9-17-11/h6-10,13-14H,1-5H3,(H,19,20). The van der Waals surface area contributed by atoms with E-state index in [1.54, 1.807) is 6.20 Å². The molecule has 4 heteroatoms. The Bertz CT molecular complexity index is 526. The lowest BCUT2D eigenvalue weighted by Gasteiger charge is -2.41. The van der Waals surface area contributed by atoms with Gasteiger partial charge in [0.1, 0.15) is 0 Å². The number of aromatic nitrogens is 1. The fourth-order valence-corrected chi connectivity index (χ4v) is 2.62. The maximum atomic E-state index is 9.75. The summed E-state index contributed by atoms with van der Waals surface area (Å²) in [5, 5.41) is 9.75. The van der Waals surface area contributed by atoms with Crippen molar-refractivity contribution >= 4 is 12.1 Å². The molecule has 1 aromatic rings. The van der Waals surface area contributed by atoms with Crippen molar-refractivity contribution in [1.82, 2.24) is 4.98 Å². The Morgan fingerprint density at radius 3 is 2.30 bits per heavy atom. The van der Waals surface area contributed by atoms with Crippen LogP contribution in [0.15, 0.2) is 34.4 Å². The van der Waals surface area contributed by atoms with Gasteiger partial charge in [-0.2, -0.15) is 0 Å². The number of aliphatic hydroxyl groups is 1. The van der Waals surface area contributed by atoms with Gasteiger partial charge in [-0.25, -0.2) is 4.99 Å². The molecule has 1 aliphatic rings. The summed E-state index contributed by atoms with van der Waals surface area (Å²) in [6, 6.07) is 5.76. The minimum Gasteiger partial charge on any atom is -0.492 e. The van der Waals surface area contributed by atoms with E-state index in [-0.39, 0.29) is 28.8 Å². The number of rotatable bonds is 2. The maximum absolute atomic E-state index is 9.75. The Morgan fingerprint density at radius 1 is 1.05 bits per heavy atom. The quantitative estimate of drug-likeness (QED) is 0.899. The lowest BCUT2D eigenvalue weighted by atomic mass is 9.70. The second kappa shape index (κ2) is 5.00. The van der Waals surface area contributed by atoms with E-state index < -0.39 is 0 Å². The molecule has 0 bridgehead atoms. The molecule has 108 valence electrons. The molecule has 2 unspecified atom stereocenters. The summed E-state index contributed by atoms with van der Waals surface area (Å²) in [7, 11) is 0. The first-order valence-corrected chi connectivity index (χ1v) is 6.94. The third-order valence-corrected chi connectivity index (χ3v) is 3.87. The molecular weight excluding hydrogens is 250 g/mol. The van der Waals surface area contributed by atoms with Crippen LogP contribution in [0.1, 0.15) is 40.3 Å². The SMILES string of the molecule is CC(C)(C)C1N=CC(O)=NC1C(C)(C)c1ccccn1. The zero-order valence-electron chi connectivity index (χ0n) is 12.8. The fourth-order valence-electron chi connectivity index (χ4n) is 2.62. The smallest absolute Gasteiger partial charge is 0.225 e. The van der Waals surface area contributed by atoms with Crippen molar-refractivity contribution in [3.63, 3.8) is 0 Å². The molecule has 1 aliphatic heterocycles. The van der Waals surface area contributed by atoms with E-state index in [4.69, 9.17) is 0 Å². The van der Waals surface area contributed by atoms with Gasteiger partial charge in [0.2, 0.25) is 5.90 Å². The highest BCUT2D eigenvalue weighted by molar-refractivity contribution is 6.25. The number of nitrogens with zero attached hydrogens (tertiary/aromatic N) is 3. The predicted molar refractivity (Wildman–Crippen MR) is 82.8 cm³/mol. The topological polar surface area (TPSA) is 57.8 Å². The van der Waals surface area contributed by atoms with E-state index >= 15 is 0 Å². The van der Waals surface area contributed by atoms with Gasteiger partial charge in [0, 0.05) is 17.3 Å². The number of hydrogen-bond donors (Lipinski definition) is 1. The Hall–Kier alpha value is -1.71. The molecule has 0 saturated heterocycles. The van der Waals surface area contributed by atoms with Gasteiger partial charge in [-0.1, -0.05) is 40.7 Å². The van der Waals surface area contributed by atoms with E-state index in [0.29, 0.717) is 0 Å². The number of aliphatic hydroxyl groups excluding tert-OH is 1. The average Bonchev–Trinajstić information content (AvgIpc) is 2.38. The highest BCUT2D eigenvalue weighted by atomic mass is 16.3. The Balaban J connectivity index is 2.44. The third-order valence-electron chi connectivity index (χ3n) is 3.87. The molecule has 0 aromatic carbocycles. The zero-order valence-corrected chi connectivity index (χ0v) is 12.8. The number of hydrogen-bond acceptors (Lipinski definition) is 3. The minimum absolute atomic E-state index is 0.000457.